The van der Waals surface area contributed by atoms with Gasteiger partial charge in [0.15, 0.2) is 0 Å². The number of hydrogen-bond acceptors (Lipinski definition) is 4. The predicted molar refractivity (Wildman–Crippen MR) is 95.1 cm³/mol. The number of thioether (sulfide) groups is 1. The number of methoxy groups -OCH3 is 1. The zero-order chi connectivity index (χ0) is 16.9. The maximum absolute atomic E-state index is 12.4. The van der Waals surface area contributed by atoms with Crippen LogP contribution in [-0.2, 0) is 10.0 Å². The minimum absolute atomic E-state index is 0.0489. The van der Waals surface area contributed by atoms with Crippen molar-refractivity contribution < 1.29 is 13.2 Å². The number of halogens is 1. The summed E-state index contributed by atoms with van der Waals surface area (Å²) in [5.74, 6) is 0.902. The van der Waals surface area contributed by atoms with Gasteiger partial charge in [-0.1, -0.05) is 29.3 Å². The van der Waals surface area contributed by atoms with Gasteiger partial charge in [-0.25, -0.2) is 13.1 Å². The van der Waals surface area contributed by atoms with Gasteiger partial charge in [0.2, 0.25) is 10.0 Å². The first-order valence-corrected chi connectivity index (χ1v) is 9.80. The first-order chi connectivity index (χ1) is 10.9. The van der Waals surface area contributed by atoms with Gasteiger partial charge in [0.1, 0.15) is 10.6 Å². The van der Waals surface area contributed by atoms with Gasteiger partial charge in [-0.05, 0) is 37.3 Å². The van der Waals surface area contributed by atoms with Crippen LogP contribution in [0, 0.1) is 6.92 Å². The lowest BCUT2D eigenvalue weighted by atomic mass is 10.2. The highest BCUT2D eigenvalue weighted by Gasteiger charge is 2.19. The molecule has 0 atom stereocenters. The molecular weight excluding hydrogens is 354 g/mol. The van der Waals surface area contributed by atoms with E-state index >= 15 is 0 Å². The molecule has 0 spiro atoms. The SMILES string of the molecule is COc1ccc(Cl)cc1S(=O)(=O)NCCSc1ccc(C)cc1. The maximum atomic E-state index is 12.4. The Labute approximate surface area is 146 Å². The molecule has 4 nitrogen and oxygen atoms in total. The van der Waals surface area contributed by atoms with Crippen molar-refractivity contribution in [1.29, 1.82) is 0 Å². The normalized spacial score (nSPS) is 11.4. The molecule has 0 unspecified atom stereocenters. The highest BCUT2D eigenvalue weighted by molar-refractivity contribution is 7.99. The minimum atomic E-state index is -3.66. The lowest BCUT2D eigenvalue weighted by molar-refractivity contribution is 0.402. The fourth-order valence-electron chi connectivity index (χ4n) is 1.92. The summed E-state index contributed by atoms with van der Waals surface area (Å²) >= 11 is 7.48. The van der Waals surface area contributed by atoms with Crippen molar-refractivity contribution in [3.05, 3.63) is 53.1 Å². The van der Waals surface area contributed by atoms with Crippen molar-refractivity contribution in [3.8, 4) is 5.75 Å². The summed E-state index contributed by atoms with van der Waals surface area (Å²) in [5, 5.41) is 0.347. The Bertz CT molecular complexity index is 761. The highest BCUT2D eigenvalue weighted by atomic mass is 35.5. The van der Waals surface area contributed by atoms with E-state index < -0.39 is 10.0 Å². The van der Waals surface area contributed by atoms with Crippen molar-refractivity contribution in [3.63, 3.8) is 0 Å². The van der Waals surface area contributed by atoms with Crippen molar-refractivity contribution in [2.45, 2.75) is 16.7 Å². The molecule has 2 aromatic carbocycles. The number of ether oxygens (including phenoxy) is 1. The van der Waals surface area contributed by atoms with E-state index in [1.807, 2.05) is 31.2 Å². The van der Waals surface area contributed by atoms with Crippen molar-refractivity contribution in [2.75, 3.05) is 19.4 Å². The molecule has 0 fully saturated rings. The molecular formula is C16H18ClNO3S2. The molecule has 7 heteroatoms. The van der Waals surface area contributed by atoms with Gasteiger partial charge < -0.3 is 4.74 Å². The Morgan fingerprint density at radius 3 is 2.52 bits per heavy atom. The second-order valence-electron chi connectivity index (χ2n) is 4.85. The van der Waals surface area contributed by atoms with Crippen molar-refractivity contribution in [2.24, 2.45) is 0 Å². The molecule has 0 aliphatic heterocycles. The van der Waals surface area contributed by atoms with E-state index in [4.69, 9.17) is 16.3 Å². The molecule has 0 saturated carbocycles. The van der Waals surface area contributed by atoms with E-state index in [2.05, 4.69) is 4.72 Å². The van der Waals surface area contributed by atoms with Crippen LogP contribution in [-0.4, -0.2) is 27.8 Å². The molecule has 1 N–H and O–H groups in total. The smallest absolute Gasteiger partial charge is 0.244 e. The number of sulfonamides is 1. The number of nitrogens with one attached hydrogen (secondary N) is 1. The van der Waals surface area contributed by atoms with E-state index in [1.54, 1.807) is 17.8 Å². The molecule has 0 saturated heterocycles. The standard InChI is InChI=1S/C16H18ClNO3S2/c1-12-3-6-14(7-4-12)22-10-9-18-23(19,20)16-11-13(17)5-8-15(16)21-2/h3-8,11,18H,9-10H2,1-2H3. The van der Waals surface area contributed by atoms with Crippen LogP contribution in [0.4, 0.5) is 0 Å². The van der Waals surface area contributed by atoms with E-state index in [0.29, 0.717) is 17.3 Å². The van der Waals surface area contributed by atoms with E-state index in [1.165, 1.54) is 24.8 Å². The van der Waals surface area contributed by atoms with E-state index in [-0.39, 0.29) is 10.6 Å². The first-order valence-electron chi connectivity index (χ1n) is 6.95. The van der Waals surface area contributed by atoms with Crippen LogP contribution in [0.3, 0.4) is 0 Å². The van der Waals surface area contributed by atoms with Gasteiger partial charge >= 0.3 is 0 Å². The monoisotopic (exact) mass is 371 g/mol. The molecule has 23 heavy (non-hydrogen) atoms. The third kappa shape index (κ3) is 5.14. The van der Waals surface area contributed by atoms with Crippen LogP contribution < -0.4 is 9.46 Å². The molecule has 0 aliphatic carbocycles. The molecule has 0 aromatic heterocycles. The van der Waals surface area contributed by atoms with Crippen LogP contribution in [0.25, 0.3) is 0 Å². The third-order valence-electron chi connectivity index (χ3n) is 3.10. The molecule has 0 bridgehead atoms. The summed E-state index contributed by atoms with van der Waals surface area (Å²) in [7, 11) is -2.23. The maximum Gasteiger partial charge on any atom is 0.244 e. The second kappa shape index (κ2) is 8.06. The fourth-order valence-corrected chi connectivity index (χ4v) is 4.28. The fraction of sp³-hybridized carbons (Fsp3) is 0.250. The van der Waals surface area contributed by atoms with Gasteiger partial charge in [-0.2, -0.15) is 0 Å². The molecule has 0 amide bonds. The average molecular weight is 372 g/mol. The Morgan fingerprint density at radius 1 is 1.17 bits per heavy atom. The lowest BCUT2D eigenvalue weighted by Crippen LogP contribution is -2.26. The van der Waals surface area contributed by atoms with Gasteiger partial charge in [0.25, 0.3) is 0 Å². The van der Waals surface area contributed by atoms with Gasteiger partial charge in [-0.3, -0.25) is 0 Å². The van der Waals surface area contributed by atoms with E-state index in [9.17, 15) is 8.42 Å². The van der Waals surface area contributed by atoms with Gasteiger partial charge in [-0.15, -0.1) is 11.8 Å². The summed E-state index contributed by atoms with van der Waals surface area (Å²) in [5.41, 5.74) is 1.20. The molecule has 124 valence electrons. The molecule has 2 rings (SSSR count). The van der Waals surface area contributed by atoms with Crippen molar-refractivity contribution >= 4 is 33.4 Å². The molecule has 0 heterocycles. The zero-order valence-corrected chi connectivity index (χ0v) is 15.3. The van der Waals surface area contributed by atoms with Crippen LogP contribution in [0.15, 0.2) is 52.3 Å². The summed E-state index contributed by atoms with van der Waals surface area (Å²) in [6.07, 6.45) is 0. The quantitative estimate of drug-likeness (QED) is 0.595. The van der Waals surface area contributed by atoms with E-state index in [0.717, 1.165) is 4.90 Å². The zero-order valence-electron chi connectivity index (χ0n) is 12.9. The van der Waals surface area contributed by atoms with Crippen molar-refractivity contribution in [1.82, 2.24) is 4.72 Å². The molecule has 2 aromatic rings. The summed E-state index contributed by atoms with van der Waals surface area (Å²) < 4.78 is 32.4. The van der Waals surface area contributed by atoms with Crippen LogP contribution in [0.1, 0.15) is 5.56 Å². The first kappa shape index (κ1) is 18.1. The summed E-state index contributed by atoms with van der Waals surface area (Å²) in [4.78, 5) is 1.16. The number of rotatable bonds is 7. The average Bonchev–Trinajstić information content (AvgIpc) is 2.53. The minimum Gasteiger partial charge on any atom is -0.495 e. The van der Waals surface area contributed by atoms with Gasteiger partial charge in [0, 0.05) is 22.2 Å². The number of aryl methyl sites for hydroxylation is 1. The highest BCUT2D eigenvalue weighted by Crippen LogP contribution is 2.27. The topological polar surface area (TPSA) is 55.4 Å². The summed E-state index contributed by atoms with van der Waals surface area (Å²) in [6.45, 7) is 2.34. The second-order valence-corrected chi connectivity index (χ2v) is 8.19. The summed E-state index contributed by atoms with van der Waals surface area (Å²) in [6, 6.07) is 12.6. The largest absolute Gasteiger partial charge is 0.495 e. The lowest BCUT2D eigenvalue weighted by Gasteiger charge is -2.11. The van der Waals surface area contributed by atoms with Crippen LogP contribution >= 0.6 is 23.4 Å². The Balaban J connectivity index is 1.96. The molecule has 0 radical (unpaired) electrons. The van der Waals surface area contributed by atoms with Crippen LogP contribution in [0.2, 0.25) is 5.02 Å². The predicted octanol–water partition coefficient (Wildman–Crippen LogP) is 3.73. The number of benzene rings is 2. The third-order valence-corrected chi connectivity index (χ3v) is 5.83. The Hall–Kier alpha value is -1.21. The Morgan fingerprint density at radius 2 is 1.87 bits per heavy atom. The Kier molecular flexibility index (Phi) is 6.35. The van der Waals surface area contributed by atoms with Crippen LogP contribution in [0.5, 0.6) is 5.75 Å². The number of hydrogen-bond donors (Lipinski definition) is 1. The van der Waals surface area contributed by atoms with Gasteiger partial charge in [0.05, 0.1) is 7.11 Å². The molecule has 0 aliphatic rings.